The molecule has 0 aromatic carbocycles. The van der Waals surface area contributed by atoms with Gasteiger partial charge in [-0.05, 0) is 6.92 Å². The molecule has 0 spiro atoms. The Morgan fingerprint density at radius 2 is 2.12 bits per heavy atom. The molecule has 4 N–H and O–H groups in total. The number of likely N-dealkylation sites (tertiary alicyclic amines) is 1. The zero-order valence-electron chi connectivity index (χ0n) is 8.79. The van der Waals surface area contributed by atoms with Gasteiger partial charge in [0.1, 0.15) is 0 Å². The van der Waals surface area contributed by atoms with Crippen LogP contribution in [-0.2, 0) is 14.4 Å². The molecule has 1 saturated heterocycles. The first-order chi connectivity index (χ1) is 7.34. The molecule has 0 aromatic rings. The van der Waals surface area contributed by atoms with Crippen LogP contribution in [0.25, 0.3) is 0 Å². The molecule has 0 saturated carbocycles. The van der Waals surface area contributed by atoms with Crippen molar-refractivity contribution in [2.45, 2.75) is 25.5 Å². The number of hydrogen-bond donors (Lipinski definition) is 3. The fourth-order valence-electron chi connectivity index (χ4n) is 1.79. The lowest BCUT2D eigenvalue weighted by atomic mass is 10.1. The summed E-state index contributed by atoms with van der Waals surface area (Å²) in [5.74, 6) is -3.08. The van der Waals surface area contributed by atoms with Crippen LogP contribution in [0, 0.1) is 5.92 Å². The molecular formula is C9H14N2O5. The maximum atomic E-state index is 11.5. The van der Waals surface area contributed by atoms with Crippen LogP contribution in [0.5, 0.6) is 0 Å². The average molecular weight is 230 g/mol. The van der Waals surface area contributed by atoms with Crippen LogP contribution in [0.15, 0.2) is 0 Å². The number of carbonyl (C=O) groups excluding carboxylic acids is 2. The molecule has 7 heteroatoms. The van der Waals surface area contributed by atoms with Gasteiger partial charge in [-0.15, -0.1) is 0 Å². The molecule has 1 fully saturated rings. The van der Waals surface area contributed by atoms with Crippen LogP contribution in [0.2, 0.25) is 0 Å². The van der Waals surface area contributed by atoms with E-state index in [2.05, 4.69) is 0 Å². The highest BCUT2D eigenvalue weighted by Gasteiger charge is 2.41. The van der Waals surface area contributed by atoms with Gasteiger partial charge in [-0.25, -0.2) is 4.79 Å². The van der Waals surface area contributed by atoms with Crippen molar-refractivity contribution in [3.05, 3.63) is 0 Å². The molecule has 0 aromatic heterocycles. The van der Waals surface area contributed by atoms with Crippen LogP contribution in [-0.4, -0.2) is 51.6 Å². The molecule has 1 heterocycles. The standard InChI is InChI=1S/C9H14N2O5/c1-4(12)7(9(15)16)11-3-5(8(10)14)2-6(11)13/h4-5,7,12H,2-3H2,1H3,(H2,10,14)(H,15,16)/t4-,5?,7-/m0/s1. The number of carboxylic acids is 1. The molecule has 1 aliphatic heterocycles. The minimum absolute atomic E-state index is 0.0456. The van der Waals surface area contributed by atoms with Crippen LogP contribution >= 0.6 is 0 Å². The largest absolute Gasteiger partial charge is 0.480 e. The van der Waals surface area contributed by atoms with Crippen molar-refractivity contribution >= 4 is 17.8 Å². The second-order valence-electron chi connectivity index (χ2n) is 3.87. The third-order valence-corrected chi connectivity index (χ3v) is 2.61. The molecule has 0 bridgehead atoms. The second kappa shape index (κ2) is 4.48. The summed E-state index contributed by atoms with van der Waals surface area (Å²) in [7, 11) is 0. The fourth-order valence-corrected chi connectivity index (χ4v) is 1.79. The maximum absolute atomic E-state index is 11.5. The summed E-state index contributed by atoms with van der Waals surface area (Å²) in [6, 6.07) is -1.32. The molecule has 16 heavy (non-hydrogen) atoms. The molecule has 2 amide bonds. The van der Waals surface area contributed by atoms with Gasteiger partial charge < -0.3 is 20.8 Å². The van der Waals surface area contributed by atoms with Gasteiger partial charge in [-0.1, -0.05) is 0 Å². The lowest BCUT2D eigenvalue weighted by Gasteiger charge is -2.26. The predicted molar refractivity (Wildman–Crippen MR) is 52.1 cm³/mol. The van der Waals surface area contributed by atoms with E-state index in [4.69, 9.17) is 10.8 Å². The van der Waals surface area contributed by atoms with E-state index >= 15 is 0 Å². The Balaban J connectivity index is 2.84. The van der Waals surface area contributed by atoms with Gasteiger partial charge in [0.25, 0.3) is 0 Å². The maximum Gasteiger partial charge on any atom is 0.329 e. The summed E-state index contributed by atoms with van der Waals surface area (Å²) in [6.07, 6.45) is -1.29. The Morgan fingerprint density at radius 1 is 1.56 bits per heavy atom. The highest BCUT2D eigenvalue weighted by molar-refractivity contribution is 5.91. The van der Waals surface area contributed by atoms with Crippen molar-refractivity contribution in [3.8, 4) is 0 Å². The summed E-state index contributed by atoms with van der Waals surface area (Å²) < 4.78 is 0. The zero-order valence-corrected chi connectivity index (χ0v) is 8.79. The molecule has 7 nitrogen and oxygen atoms in total. The molecular weight excluding hydrogens is 216 g/mol. The van der Waals surface area contributed by atoms with Gasteiger partial charge in [0.2, 0.25) is 11.8 Å². The van der Waals surface area contributed by atoms with Crippen LogP contribution < -0.4 is 5.73 Å². The number of aliphatic carboxylic acids is 1. The molecule has 90 valence electrons. The van der Waals surface area contributed by atoms with Gasteiger partial charge in [-0.2, -0.15) is 0 Å². The normalized spacial score (nSPS) is 24.2. The summed E-state index contributed by atoms with van der Waals surface area (Å²) in [6.45, 7) is 1.24. The SMILES string of the molecule is C[C@H](O)[C@@H](C(=O)O)N1CC(C(N)=O)CC1=O. The minimum Gasteiger partial charge on any atom is -0.480 e. The van der Waals surface area contributed by atoms with E-state index in [0.717, 1.165) is 4.90 Å². The Morgan fingerprint density at radius 3 is 2.44 bits per heavy atom. The van der Waals surface area contributed by atoms with Crippen LogP contribution in [0.1, 0.15) is 13.3 Å². The quantitative estimate of drug-likeness (QED) is 0.523. The third kappa shape index (κ3) is 2.30. The number of nitrogens with two attached hydrogens (primary N) is 1. The van der Waals surface area contributed by atoms with Gasteiger partial charge >= 0.3 is 5.97 Å². The molecule has 0 radical (unpaired) electrons. The summed E-state index contributed by atoms with van der Waals surface area (Å²) in [4.78, 5) is 34.2. The Hall–Kier alpha value is -1.63. The van der Waals surface area contributed by atoms with Crippen molar-refractivity contribution in [1.29, 1.82) is 0 Å². The number of aliphatic hydroxyl groups is 1. The molecule has 1 aliphatic rings. The lowest BCUT2D eigenvalue weighted by molar-refractivity contribution is -0.152. The zero-order chi connectivity index (χ0) is 12.5. The fraction of sp³-hybridized carbons (Fsp3) is 0.667. The number of primary amides is 1. The highest BCUT2D eigenvalue weighted by Crippen LogP contribution is 2.21. The van der Waals surface area contributed by atoms with E-state index in [1.165, 1.54) is 6.92 Å². The van der Waals surface area contributed by atoms with Gasteiger partial charge in [-0.3, -0.25) is 9.59 Å². The number of hydrogen-bond acceptors (Lipinski definition) is 4. The topological polar surface area (TPSA) is 121 Å². The Kier molecular flexibility index (Phi) is 3.48. The predicted octanol–water partition coefficient (Wildman–Crippen LogP) is -1.85. The molecule has 1 unspecified atom stereocenters. The van der Waals surface area contributed by atoms with Gasteiger partial charge in [0, 0.05) is 13.0 Å². The lowest BCUT2D eigenvalue weighted by Crippen LogP contribution is -2.49. The second-order valence-corrected chi connectivity index (χ2v) is 3.87. The number of aliphatic hydroxyl groups excluding tert-OH is 1. The van der Waals surface area contributed by atoms with Crippen molar-refractivity contribution in [1.82, 2.24) is 4.90 Å². The highest BCUT2D eigenvalue weighted by atomic mass is 16.4. The number of carbonyl (C=O) groups is 3. The van der Waals surface area contributed by atoms with Crippen LogP contribution in [0.3, 0.4) is 0 Å². The number of amides is 2. The first-order valence-corrected chi connectivity index (χ1v) is 4.84. The van der Waals surface area contributed by atoms with E-state index in [9.17, 15) is 19.5 Å². The number of rotatable bonds is 4. The minimum atomic E-state index is -1.32. The Bertz CT molecular complexity index is 328. The molecule has 1 rings (SSSR count). The Labute approximate surface area is 91.8 Å². The average Bonchev–Trinajstić information content (AvgIpc) is 2.47. The molecule has 0 aliphatic carbocycles. The van der Waals surface area contributed by atoms with E-state index in [1.54, 1.807) is 0 Å². The van der Waals surface area contributed by atoms with Crippen molar-refractivity contribution < 1.29 is 24.6 Å². The van der Waals surface area contributed by atoms with E-state index in [1.807, 2.05) is 0 Å². The van der Waals surface area contributed by atoms with E-state index in [0.29, 0.717) is 0 Å². The van der Waals surface area contributed by atoms with Crippen molar-refractivity contribution in [2.24, 2.45) is 11.7 Å². The third-order valence-electron chi connectivity index (χ3n) is 2.61. The summed E-state index contributed by atoms with van der Waals surface area (Å²) >= 11 is 0. The molecule has 3 atom stereocenters. The van der Waals surface area contributed by atoms with Crippen molar-refractivity contribution in [2.75, 3.05) is 6.54 Å². The van der Waals surface area contributed by atoms with Gasteiger partial charge in [0.15, 0.2) is 6.04 Å². The van der Waals surface area contributed by atoms with E-state index < -0.39 is 35.8 Å². The first-order valence-electron chi connectivity index (χ1n) is 4.84. The number of carboxylic acid groups (broad SMARTS) is 1. The monoisotopic (exact) mass is 230 g/mol. The number of nitrogens with zero attached hydrogens (tertiary/aromatic N) is 1. The summed E-state index contributed by atoms with van der Waals surface area (Å²) in [5, 5.41) is 18.2. The van der Waals surface area contributed by atoms with Crippen LogP contribution in [0.4, 0.5) is 0 Å². The summed E-state index contributed by atoms with van der Waals surface area (Å²) in [5.41, 5.74) is 5.05. The van der Waals surface area contributed by atoms with Gasteiger partial charge in [0.05, 0.1) is 12.0 Å². The first kappa shape index (κ1) is 12.4. The van der Waals surface area contributed by atoms with E-state index in [-0.39, 0.29) is 13.0 Å². The smallest absolute Gasteiger partial charge is 0.329 e. The van der Waals surface area contributed by atoms with Crippen molar-refractivity contribution in [3.63, 3.8) is 0 Å².